The molecule has 1 aromatic carbocycles. The van der Waals surface area contributed by atoms with Crippen molar-refractivity contribution in [2.75, 3.05) is 0 Å². The zero-order valence-electron chi connectivity index (χ0n) is 10.2. The van der Waals surface area contributed by atoms with Gasteiger partial charge in [0.1, 0.15) is 16.8 Å². The van der Waals surface area contributed by atoms with Crippen LogP contribution in [0.25, 0.3) is 0 Å². The Morgan fingerprint density at radius 3 is 2.47 bits per heavy atom. The molecule has 19 heavy (non-hydrogen) atoms. The molecule has 5 nitrogen and oxygen atoms in total. The first-order chi connectivity index (χ1) is 8.65. The number of halogens is 2. The van der Waals surface area contributed by atoms with Gasteiger partial charge in [-0.25, -0.2) is 12.8 Å². The zero-order valence-corrected chi connectivity index (χ0v) is 11.8. The maximum Gasteiger partial charge on any atom is 0.322 e. The van der Waals surface area contributed by atoms with Crippen LogP contribution in [0.1, 0.15) is 13.8 Å². The Bertz CT molecular complexity index is 588. The molecule has 0 aliphatic carbocycles. The average Bonchev–Trinajstić information content (AvgIpc) is 2.28. The van der Waals surface area contributed by atoms with Crippen LogP contribution >= 0.6 is 11.6 Å². The van der Waals surface area contributed by atoms with Gasteiger partial charge in [-0.1, -0.05) is 25.4 Å². The summed E-state index contributed by atoms with van der Waals surface area (Å²) in [4.78, 5) is 10.3. The van der Waals surface area contributed by atoms with Gasteiger partial charge >= 0.3 is 5.97 Å². The van der Waals surface area contributed by atoms with E-state index in [2.05, 4.69) is 0 Å². The fraction of sp³-hybridized carbons (Fsp3) is 0.364. The summed E-state index contributed by atoms with van der Waals surface area (Å²) in [6.45, 7) is 3.07. The Kier molecular flexibility index (Phi) is 4.89. The molecule has 1 rings (SSSR count). The summed E-state index contributed by atoms with van der Waals surface area (Å²) in [5.74, 6) is -2.82. The van der Waals surface area contributed by atoms with Gasteiger partial charge in [-0.15, -0.1) is 0 Å². The molecule has 0 heterocycles. The van der Waals surface area contributed by atoms with Crippen LogP contribution < -0.4 is 4.72 Å². The van der Waals surface area contributed by atoms with Crippen LogP contribution in [0.4, 0.5) is 4.39 Å². The summed E-state index contributed by atoms with van der Waals surface area (Å²) in [6, 6.07) is 1.69. The quantitative estimate of drug-likeness (QED) is 0.869. The fourth-order valence-corrected chi connectivity index (χ4v) is 3.06. The van der Waals surface area contributed by atoms with E-state index in [-0.39, 0.29) is 5.02 Å². The number of carbonyl (C=O) groups is 1. The maximum absolute atomic E-state index is 13.5. The lowest BCUT2D eigenvalue weighted by molar-refractivity contribution is -0.140. The second kappa shape index (κ2) is 5.85. The minimum Gasteiger partial charge on any atom is -0.480 e. The Balaban J connectivity index is 3.17. The lowest BCUT2D eigenvalue weighted by Gasteiger charge is -2.18. The van der Waals surface area contributed by atoms with E-state index in [0.717, 1.165) is 12.1 Å². The number of hydrogen-bond donors (Lipinski definition) is 2. The molecule has 1 unspecified atom stereocenters. The molecule has 0 bridgehead atoms. The lowest BCUT2D eigenvalue weighted by atomic mass is 10.1. The summed E-state index contributed by atoms with van der Waals surface area (Å²) in [5, 5.41) is 8.97. The van der Waals surface area contributed by atoms with Crippen LogP contribution in [0.3, 0.4) is 0 Å². The van der Waals surface area contributed by atoms with Gasteiger partial charge in [0.05, 0.1) is 0 Å². The van der Waals surface area contributed by atoms with Gasteiger partial charge in [-0.05, 0) is 24.1 Å². The van der Waals surface area contributed by atoms with Crippen molar-refractivity contribution in [3.63, 3.8) is 0 Å². The van der Waals surface area contributed by atoms with E-state index in [4.69, 9.17) is 16.7 Å². The van der Waals surface area contributed by atoms with Crippen molar-refractivity contribution < 1.29 is 22.7 Å². The molecule has 106 valence electrons. The molecule has 0 spiro atoms. The number of hydrogen-bond acceptors (Lipinski definition) is 3. The van der Waals surface area contributed by atoms with Crippen LogP contribution in [-0.4, -0.2) is 25.5 Å². The van der Waals surface area contributed by atoms with Crippen molar-refractivity contribution in [3.8, 4) is 0 Å². The second-order valence-electron chi connectivity index (χ2n) is 4.26. The van der Waals surface area contributed by atoms with Crippen molar-refractivity contribution >= 4 is 27.6 Å². The van der Waals surface area contributed by atoms with E-state index in [1.165, 1.54) is 19.9 Å². The number of carboxylic acids is 1. The predicted molar refractivity (Wildman–Crippen MR) is 68.0 cm³/mol. The van der Waals surface area contributed by atoms with Gasteiger partial charge in [-0.2, -0.15) is 4.72 Å². The standard InChI is InChI=1S/C11H13ClFNO4S/c1-6(2)10(11(15)16)14-19(17,18)9-5-7(12)3-4-8(9)13/h3-6,10,14H,1-2H3,(H,15,16). The molecular weight excluding hydrogens is 297 g/mol. The number of benzene rings is 1. The van der Waals surface area contributed by atoms with Gasteiger partial charge in [0.25, 0.3) is 0 Å². The molecule has 2 N–H and O–H groups in total. The van der Waals surface area contributed by atoms with Crippen molar-refractivity contribution in [1.29, 1.82) is 0 Å². The Morgan fingerprint density at radius 2 is 2.00 bits per heavy atom. The number of carboxylic acid groups (broad SMARTS) is 1. The van der Waals surface area contributed by atoms with Crippen LogP contribution in [0.2, 0.25) is 5.02 Å². The van der Waals surface area contributed by atoms with E-state index in [1.54, 1.807) is 0 Å². The maximum atomic E-state index is 13.5. The van der Waals surface area contributed by atoms with Crippen LogP contribution in [0, 0.1) is 11.7 Å². The van der Waals surface area contributed by atoms with Crippen molar-refractivity contribution in [2.45, 2.75) is 24.8 Å². The summed E-state index contributed by atoms with van der Waals surface area (Å²) in [5.41, 5.74) is 0. The summed E-state index contributed by atoms with van der Waals surface area (Å²) in [7, 11) is -4.29. The zero-order chi connectivity index (χ0) is 14.8. The molecule has 0 radical (unpaired) electrons. The minimum atomic E-state index is -4.29. The summed E-state index contributed by atoms with van der Waals surface area (Å²) >= 11 is 5.61. The Labute approximate surface area is 115 Å². The summed E-state index contributed by atoms with van der Waals surface area (Å²) in [6.07, 6.45) is 0. The molecule has 1 atom stereocenters. The van der Waals surface area contributed by atoms with Crippen LogP contribution in [-0.2, 0) is 14.8 Å². The molecule has 0 saturated heterocycles. The van der Waals surface area contributed by atoms with Crippen molar-refractivity contribution in [3.05, 3.63) is 29.0 Å². The van der Waals surface area contributed by atoms with E-state index in [0.29, 0.717) is 0 Å². The topological polar surface area (TPSA) is 83.5 Å². The normalized spacial score (nSPS) is 13.5. The molecule has 0 aliphatic heterocycles. The molecule has 0 aromatic heterocycles. The highest BCUT2D eigenvalue weighted by Gasteiger charge is 2.29. The Hall–Kier alpha value is -1.18. The first-order valence-electron chi connectivity index (χ1n) is 5.35. The van der Waals surface area contributed by atoms with E-state index in [1.807, 2.05) is 4.72 Å². The molecule has 0 aliphatic rings. The second-order valence-corrected chi connectivity index (χ2v) is 6.37. The first kappa shape index (κ1) is 15.9. The lowest BCUT2D eigenvalue weighted by Crippen LogP contribution is -2.44. The average molecular weight is 310 g/mol. The third-order valence-electron chi connectivity index (χ3n) is 2.40. The fourth-order valence-electron chi connectivity index (χ4n) is 1.39. The molecule has 8 heteroatoms. The van der Waals surface area contributed by atoms with Gasteiger partial charge in [0, 0.05) is 5.02 Å². The SMILES string of the molecule is CC(C)C(NS(=O)(=O)c1cc(Cl)ccc1F)C(=O)O. The van der Waals surface area contributed by atoms with Crippen LogP contribution in [0.15, 0.2) is 23.1 Å². The van der Waals surface area contributed by atoms with Crippen molar-refractivity contribution in [1.82, 2.24) is 4.72 Å². The molecule has 0 fully saturated rings. The van der Waals surface area contributed by atoms with Gasteiger partial charge in [0.2, 0.25) is 10.0 Å². The monoisotopic (exact) mass is 309 g/mol. The highest BCUT2D eigenvalue weighted by atomic mass is 35.5. The van der Waals surface area contributed by atoms with E-state index >= 15 is 0 Å². The number of aliphatic carboxylic acids is 1. The first-order valence-corrected chi connectivity index (χ1v) is 7.21. The molecule has 0 amide bonds. The number of nitrogens with one attached hydrogen (secondary N) is 1. The number of sulfonamides is 1. The highest BCUT2D eigenvalue weighted by Crippen LogP contribution is 2.20. The predicted octanol–water partition coefficient (Wildman–Crippen LogP) is 1.87. The largest absolute Gasteiger partial charge is 0.480 e. The van der Waals surface area contributed by atoms with Crippen LogP contribution in [0.5, 0.6) is 0 Å². The van der Waals surface area contributed by atoms with Gasteiger partial charge < -0.3 is 5.11 Å². The molecular formula is C11H13ClFNO4S. The molecule has 0 saturated carbocycles. The number of rotatable bonds is 5. The third-order valence-corrected chi connectivity index (χ3v) is 4.09. The molecule has 1 aromatic rings. The van der Waals surface area contributed by atoms with E-state index in [9.17, 15) is 17.6 Å². The Morgan fingerprint density at radius 1 is 1.42 bits per heavy atom. The van der Waals surface area contributed by atoms with E-state index < -0.39 is 38.7 Å². The van der Waals surface area contributed by atoms with Gasteiger partial charge in [-0.3, -0.25) is 4.79 Å². The van der Waals surface area contributed by atoms with Gasteiger partial charge in [0.15, 0.2) is 0 Å². The smallest absolute Gasteiger partial charge is 0.322 e. The highest BCUT2D eigenvalue weighted by molar-refractivity contribution is 7.89. The third kappa shape index (κ3) is 3.89. The van der Waals surface area contributed by atoms with Crippen molar-refractivity contribution in [2.24, 2.45) is 5.92 Å². The minimum absolute atomic E-state index is 0.0400. The summed E-state index contributed by atoms with van der Waals surface area (Å²) < 4.78 is 39.3.